The number of hydrogen-bond donors (Lipinski definition) is 3. The maximum atomic E-state index is 11.1. The Labute approximate surface area is 107 Å². The molecule has 0 unspecified atom stereocenters. The molecule has 1 heterocycles. The second-order valence-corrected chi connectivity index (χ2v) is 3.78. The highest BCUT2D eigenvalue weighted by Gasteiger charge is 2.21. The Morgan fingerprint density at radius 3 is 2.47 bits per heavy atom. The average molecular weight is 262 g/mol. The first-order chi connectivity index (χ1) is 9.00. The smallest absolute Gasteiger partial charge is 0.339 e. The van der Waals surface area contributed by atoms with Crippen molar-refractivity contribution in [1.82, 2.24) is 9.78 Å². The van der Waals surface area contributed by atoms with E-state index in [0.717, 1.165) is 10.9 Å². The van der Waals surface area contributed by atoms with E-state index in [-0.39, 0.29) is 22.6 Å². The molecule has 0 spiro atoms. The van der Waals surface area contributed by atoms with Gasteiger partial charge >= 0.3 is 11.9 Å². The Morgan fingerprint density at radius 1 is 1.21 bits per heavy atom. The van der Waals surface area contributed by atoms with Crippen LogP contribution >= 0.6 is 0 Å². The number of carboxylic acids is 2. The van der Waals surface area contributed by atoms with Gasteiger partial charge in [-0.25, -0.2) is 4.79 Å². The van der Waals surface area contributed by atoms with E-state index in [1.807, 2.05) is 0 Å². The van der Waals surface area contributed by atoms with Crippen molar-refractivity contribution in [3.8, 4) is 17.0 Å². The number of aromatic nitrogens is 2. The van der Waals surface area contributed by atoms with Gasteiger partial charge in [-0.1, -0.05) is 12.1 Å². The summed E-state index contributed by atoms with van der Waals surface area (Å²) < 4.78 is 1.03. The molecule has 98 valence electrons. The molecule has 1 aromatic carbocycles. The maximum Gasteiger partial charge on any atom is 0.339 e. The van der Waals surface area contributed by atoms with Crippen LogP contribution in [0.1, 0.15) is 10.4 Å². The number of carboxylic acid groups (broad SMARTS) is 2. The van der Waals surface area contributed by atoms with E-state index < -0.39 is 18.5 Å². The van der Waals surface area contributed by atoms with E-state index in [0.29, 0.717) is 0 Å². The molecule has 0 amide bonds. The number of carbonyl (C=O) groups is 2. The van der Waals surface area contributed by atoms with Gasteiger partial charge in [-0.05, 0) is 12.1 Å². The SMILES string of the molecule is O=C(O)Cn1ncc(C(=O)O)c1-c1ccccc1O. The van der Waals surface area contributed by atoms with Crippen molar-refractivity contribution in [1.29, 1.82) is 0 Å². The highest BCUT2D eigenvalue weighted by atomic mass is 16.4. The molecule has 0 bridgehead atoms. The van der Waals surface area contributed by atoms with Crippen LogP contribution in [0.15, 0.2) is 30.5 Å². The number of phenols is 1. The van der Waals surface area contributed by atoms with E-state index >= 15 is 0 Å². The lowest BCUT2D eigenvalue weighted by Crippen LogP contribution is -2.12. The molecule has 3 N–H and O–H groups in total. The Hall–Kier alpha value is -2.83. The van der Waals surface area contributed by atoms with Crippen LogP contribution in [0.2, 0.25) is 0 Å². The van der Waals surface area contributed by atoms with Crippen LogP contribution in [0.3, 0.4) is 0 Å². The molecular weight excluding hydrogens is 252 g/mol. The summed E-state index contributed by atoms with van der Waals surface area (Å²) in [6, 6.07) is 6.08. The highest BCUT2D eigenvalue weighted by molar-refractivity contribution is 5.95. The largest absolute Gasteiger partial charge is 0.507 e. The lowest BCUT2D eigenvalue weighted by molar-refractivity contribution is -0.137. The topological polar surface area (TPSA) is 113 Å². The van der Waals surface area contributed by atoms with Gasteiger partial charge in [-0.15, -0.1) is 0 Å². The lowest BCUT2D eigenvalue weighted by Gasteiger charge is -2.08. The van der Waals surface area contributed by atoms with E-state index in [2.05, 4.69) is 5.10 Å². The van der Waals surface area contributed by atoms with E-state index in [4.69, 9.17) is 10.2 Å². The number of aromatic hydroxyl groups is 1. The summed E-state index contributed by atoms with van der Waals surface area (Å²) in [4.78, 5) is 21.9. The van der Waals surface area contributed by atoms with Gasteiger partial charge in [0.05, 0.1) is 11.9 Å². The normalized spacial score (nSPS) is 10.3. The first-order valence-electron chi connectivity index (χ1n) is 5.30. The van der Waals surface area contributed by atoms with Gasteiger partial charge in [0.15, 0.2) is 0 Å². The van der Waals surface area contributed by atoms with Crippen molar-refractivity contribution in [2.24, 2.45) is 0 Å². The van der Waals surface area contributed by atoms with Gasteiger partial charge in [-0.3, -0.25) is 9.48 Å². The molecule has 0 saturated heterocycles. The summed E-state index contributed by atoms with van der Waals surface area (Å²) >= 11 is 0. The fraction of sp³-hybridized carbons (Fsp3) is 0.0833. The van der Waals surface area contributed by atoms with Crippen LogP contribution in [0, 0.1) is 0 Å². The van der Waals surface area contributed by atoms with Crippen molar-refractivity contribution in [3.63, 3.8) is 0 Å². The van der Waals surface area contributed by atoms with Crippen LogP contribution in [0.4, 0.5) is 0 Å². The fourth-order valence-electron chi connectivity index (χ4n) is 1.75. The summed E-state index contributed by atoms with van der Waals surface area (Å²) in [5, 5.41) is 31.4. The number of hydrogen-bond acceptors (Lipinski definition) is 4. The number of benzene rings is 1. The van der Waals surface area contributed by atoms with Crippen molar-refractivity contribution < 1.29 is 24.9 Å². The van der Waals surface area contributed by atoms with Crippen molar-refractivity contribution in [2.75, 3.05) is 0 Å². The molecule has 2 rings (SSSR count). The first-order valence-corrected chi connectivity index (χ1v) is 5.30. The number of aliphatic carboxylic acids is 1. The maximum absolute atomic E-state index is 11.1. The number of aromatic carboxylic acids is 1. The van der Waals surface area contributed by atoms with Crippen LogP contribution in [0.25, 0.3) is 11.3 Å². The molecule has 1 aromatic heterocycles. The monoisotopic (exact) mass is 262 g/mol. The zero-order chi connectivity index (χ0) is 14.0. The second kappa shape index (κ2) is 4.81. The molecule has 2 aromatic rings. The molecule has 0 fully saturated rings. The quantitative estimate of drug-likeness (QED) is 0.758. The molecule has 19 heavy (non-hydrogen) atoms. The zero-order valence-electron chi connectivity index (χ0n) is 9.65. The van der Waals surface area contributed by atoms with Gasteiger partial charge in [0, 0.05) is 5.56 Å². The Balaban J connectivity index is 2.65. The molecule has 0 aliphatic heterocycles. The van der Waals surface area contributed by atoms with Crippen molar-refractivity contribution in [3.05, 3.63) is 36.0 Å². The predicted octanol–water partition coefficient (Wildman–Crippen LogP) is 1.04. The Bertz CT molecular complexity index is 647. The molecule has 7 nitrogen and oxygen atoms in total. The van der Waals surface area contributed by atoms with Crippen molar-refractivity contribution >= 4 is 11.9 Å². The van der Waals surface area contributed by atoms with Crippen LogP contribution < -0.4 is 0 Å². The number of rotatable bonds is 4. The van der Waals surface area contributed by atoms with Crippen LogP contribution in [-0.4, -0.2) is 37.0 Å². The van der Waals surface area contributed by atoms with Crippen LogP contribution in [-0.2, 0) is 11.3 Å². The standard InChI is InChI=1S/C12H10N2O5/c15-9-4-2-1-3-7(9)11-8(12(18)19)5-13-14(11)6-10(16)17/h1-5,15H,6H2,(H,16,17)(H,18,19). The van der Waals surface area contributed by atoms with Crippen LogP contribution in [0.5, 0.6) is 5.75 Å². The number of nitrogens with zero attached hydrogens (tertiary/aromatic N) is 2. The van der Waals surface area contributed by atoms with Gasteiger partial charge in [-0.2, -0.15) is 5.10 Å². The third kappa shape index (κ3) is 2.39. The average Bonchev–Trinajstić information content (AvgIpc) is 2.72. The van der Waals surface area contributed by atoms with E-state index in [9.17, 15) is 14.7 Å². The molecule has 0 aliphatic carbocycles. The minimum Gasteiger partial charge on any atom is -0.507 e. The second-order valence-electron chi connectivity index (χ2n) is 3.78. The Morgan fingerprint density at radius 2 is 1.89 bits per heavy atom. The predicted molar refractivity (Wildman–Crippen MR) is 63.9 cm³/mol. The lowest BCUT2D eigenvalue weighted by atomic mass is 10.1. The highest BCUT2D eigenvalue weighted by Crippen LogP contribution is 2.31. The summed E-state index contributed by atoms with van der Waals surface area (Å²) in [5.74, 6) is -2.54. The van der Waals surface area contributed by atoms with Gasteiger partial charge in [0.2, 0.25) is 0 Å². The minimum atomic E-state index is -1.24. The third-order valence-corrected chi connectivity index (χ3v) is 2.51. The van der Waals surface area contributed by atoms with E-state index in [1.54, 1.807) is 12.1 Å². The Kier molecular flexibility index (Phi) is 3.19. The molecule has 7 heteroatoms. The van der Waals surface area contributed by atoms with Gasteiger partial charge in [0.1, 0.15) is 17.9 Å². The summed E-state index contributed by atoms with van der Waals surface area (Å²) in [6.07, 6.45) is 1.06. The summed E-state index contributed by atoms with van der Waals surface area (Å²) in [7, 11) is 0. The zero-order valence-corrected chi connectivity index (χ0v) is 9.65. The third-order valence-electron chi connectivity index (χ3n) is 2.51. The molecular formula is C12H10N2O5. The van der Waals surface area contributed by atoms with E-state index in [1.165, 1.54) is 12.1 Å². The number of para-hydroxylation sites is 1. The van der Waals surface area contributed by atoms with Crippen molar-refractivity contribution in [2.45, 2.75) is 6.54 Å². The summed E-state index contributed by atoms with van der Waals surface area (Å²) in [6.45, 7) is -0.489. The molecule has 0 saturated carbocycles. The molecule has 0 radical (unpaired) electrons. The fourth-order valence-corrected chi connectivity index (χ4v) is 1.75. The number of phenolic OH excluding ortho intramolecular Hbond substituents is 1. The summed E-state index contributed by atoms with van der Waals surface area (Å²) in [5.41, 5.74) is 0.120. The first kappa shape index (κ1) is 12.6. The molecule has 0 aliphatic rings. The molecule has 0 atom stereocenters. The minimum absolute atomic E-state index is 0.0630. The van der Waals surface area contributed by atoms with Gasteiger partial charge < -0.3 is 15.3 Å². The van der Waals surface area contributed by atoms with Gasteiger partial charge in [0.25, 0.3) is 0 Å².